The van der Waals surface area contributed by atoms with Crippen LogP contribution in [0.2, 0.25) is 0 Å². The van der Waals surface area contributed by atoms with E-state index in [2.05, 4.69) is 5.32 Å². The molecule has 0 heterocycles. The van der Waals surface area contributed by atoms with Crippen LogP contribution in [0.4, 0.5) is 0 Å². The van der Waals surface area contributed by atoms with Crippen molar-refractivity contribution in [1.29, 1.82) is 0 Å². The van der Waals surface area contributed by atoms with Gasteiger partial charge in [0.1, 0.15) is 11.5 Å². The zero-order valence-electron chi connectivity index (χ0n) is 15.1. The fraction of sp³-hybridized carbons (Fsp3) is 0.227. The van der Waals surface area contributed by atoms with E-state index >= 15 is 0 Å². The molecule has 1 amide bonds. The molecule has 0 bridgehead atoms. The monoisotopic (exact) mass is 349 g/mol. The summed E-state index contributed by atoms with van der Waals surface area (Å²) in [6.45, 7) is 4.52. The summed E-state index contributed by atoms with van der Waals surface area (Å²) in [4.78, 5) is 12.2. The Labute approximate surface area is 153 Å². The second-order valence-electron chi connectivity index (χ2n) is 6.06. The Kier molecular flexibility index (Phi) is 5.74. The highest BCUT2D eigenvalue weighted by Crippen LogP contribution is 2.25. The predicted molar refractivity (Wildman–Crippen MR) is 104 cm³/mol. The molecule has 4 nitrogen and oxygen atoms in total. The Balaban J connectivity index is 1.58. The third kappa shape index (κ3) is 4.33. The standard InChI is InChI=1S/C22H23NO3/c1-3-25-19-13-11-17(12-14-19)16(2)23-22(24)15-26-21-10-6-8-18-7-4-5-9-20(18)21/h4-14,16H,3,15H2,1-2H3,(H,23,24). The Morgan fingerprint density at radius 3 is 2.46 bits per heavy atom. The number of carbonyl (C=O) groups is 1. The molecule has 1 atom stereocenters. The van der Waals surface area contributed by atoms with Gasteiger partial charge in [0.15, 0.2) is 6.61 Å². The largest absolute Gasteiger partial charge is 0.494 e. The summed E-state index contributed by atoms with van der Waals surface area (Å²) in [5.41, 5.74) is 1.02. The number of amides is 1. The van der Waals surface area contributed by atoms with Gasteiger partial charge in [-0.3, -0.25) is 4.79 Å². The van der Waals surface area contributed by atoms with Crippen molar-refractivity contribution >= 4 is 16.7 Å². The molecule has 0 saturated carbocycles. The third-order valence-corrected chi connectivity index (χ3v) is 4.18. The summed E-state index contributed by atoms with van der Waals surface area (Å²) in [6, 6.07) is 21.4. The molecule has 134 valence electrons. The molecule has 0 fully saturated rings. The van der Waals surface area contributed by atoms with Gasteiger partial charge in [0, 0.05) is 5.39 Å². The van der Waals surface area contributed by atoms with Crippen LogP contribution in [0.15, 0.2) is 66.7 Å². The smallest absolute Gasteiger partial charge is 0.258 e. The highest BCUT2D eigenvalue weighted by Gasteiger charge is 2.11. The SMILES string of the molecule is CCOc1ccc(C(C)NC(=O)COc2cccc3ccccc23)cc1. The zero-order valence-corrected chi connectivity index (χ0v) is 15.1. The van der Waals surface area contributed by atoms with Crippen LogP contribution in [0.5, 0.6) is 11.5 Å². The Morgan fingerprint density at radius 1 is 0.962 bits per heavy atom. The van der Waals surface area contributed by atoms with Crippen LogP contribution in [0.1, 0.15) is 25.5 Å². The van der Waals surface area contributed by atoms with Crippen molar-refractivity contribution in [2.24, 2.45) is 0 Å². The van der Waals surface area contributed by atoms with Crippen molar-refractivity contribution in [3.05, 3.63) is 72.3 Å². The Hall–Kier alpha value is -3.01. The lowest BCUT2D eigenvalue weighted by Gasteiger charge is -2.16. The van der Waals surface area contributed by atoms with Crippen LogP contribution >= 0.6 is 0 Å². The second-order valence-corrected chi connectivity index (χ2v) is 6.06. The number of carbonyl (C=O) groups excluding carboxylic acids is 1. The first-order chi connectivity index (χ1) is 12.7. The number of hydrogen-bond acceptors (Lipinski definition) is 3. The molecule has 3 aromatic carbocycles. The summed E-state index contributed by atoms with van der Waals surface area (Å²) in [6.07, 6.45) is 0. The first kappa shape index (κ1) is 17.8. The van der Waals surface area contributed by atoms with Gasteiger partial charge in [0.25, 0.3) is 5.91 Å². The Bertz CT molecular complexity index is 869. The molecule has 3 rings (SSSR count). The summed E-state index contributed by atoms with van der Waals surface area (Å²) < 4.78 is 11.2. The third-order valence-electron chi connectivity index (χ3n) is 4.18. The fourth-order valence-electron chi connectivity index (χ4n) is 2.85. The van der Waals surface area contributed by atoms with Gasteiger partial charge < -0.3 is 14.8 Å². The van der Waals surface area contributed by atoms with Crippen molar-refractivity contribution in [3.8, 4) is 11.5 Å². The minimum absolute atomic E-state index is 0.0185. The van der Waals surface area contributed by atoms with Gasteiger partial charge in [-0.15, -0.1) is 0 Å². The normalized spacial score (nSPS) is 11.8. The molecule has 0 radical (unpaired) electrons. The lowest BCUT2D eigenvalue weighted by Crippen LogP contribution is -2.31. The fourth-order valence-corrected chi connectivity index (χ4v) is 2.85. The second kappa shape index (κ2) is 8.39. The van der Waals surface area contributed by atoms with E-state index in [0.717, 1.165) is 22.1 Å². The number of nitrogens with one attached hydrogen (secondary N) is 1. The van der Waals surface area contributed by atoms with Crippen LogP contribution in [0.3, 0.4) is 0 Å². The lowest BCUT2D eigenvalue weighted by atomic mass is 10.1. The molecule has 0 spiro atoms. The van der Waals surface area contributed by atoms with Gasteiger partial charge in [-0.25, -0.2) is 0 Å². The van der Waals surface area contributed by atoms with E-state index in [1.54, 1.807) is 0 Å². The van der Waals surface area contributed by atoms with E-state index in [1.807, 2.05) is 80.6 Å². The van der Waals surface area contributed by atoms with Crippen molar-refractivity contribution < 1.29 is 14.3 Å². The van der Waals surface area contributed by atoms with Gasteiger partial charge in [0.05, 0.1) is 12.6 Å². The molecule has 1 unspecified atom stereocenters. The maximum atomic E-state index is 12.2. The summed E-state index contributed by atoms with van der Waals surface area (Å²) in [7, 11) is 0. The van der Waals surface area contributed by atoms with Crippen LogP contribution in [0, 0.1) is 0 Å². The number of benzene rings is 3. The molecule has 0 aliphatic heterocycles. The van der Waals surface area contributed by atoms with Crippen molar-refractivity contribution in [3.63, 3.8) is 0 Å². The molecule has 3 aromatic rings. The molecule has 0 aliphatic carbocycles. The molecule has 26 heavy (non-hydrogen) atoms. The maximum absolute atomic E-state index is 12.2. The topological polar surface area (TPSA) is 47.6 Å². The van der Waals surface area contributed by atoms with E-state index in [4.69, 9.17) is 9.47 Å². The van der Waals surface area contributed by atoms with Crippen LogP contribution in [-0.2, 0) is 4.79 Å². The average Bonchev–Trinajstić information content (AvgIpc) is 2.67. The van der Waals surface area contributed by atoms with Gasteiger partial charge in [0.2, 0.25) is 0 Å². The summed E-state index contributed by atoms with van der Waals surface area (Å²) in [5, 5.41) is 5.05. The van der Waals surface area contributed by atoms with Crippen LogP contribution in [0.25, 0.3) is 10.8 Å². The Morgan fingerprint density at radius 2 is 1.69 bits per heavy atom. The first-order valence-electron chi connectivity index (χ1n) is 8.80. The first-order valence-corrected chi connectivity index (χ1v) is 8.80. The number of rotatable bonds is 7. The van der Waals surface area contributed by atoms with E-state index in [0.29, 0.717) is 12.4 Å². The van der Waals surface area contributed by atoms with Crippen LogP contribution in [-0.4, -0.2) is 19.1 Å². The highest BCUT2D eigenvalue weighted by molar-refractivity contribution is 5.88. The van der Waals surface area contributed by atoms with Crippen LogP contribution < -0.4 is 14.8 Å². The van der Waals surface area contributed by atoms with Crippen molar-refractivity contribution in [2.75, 3.05) is 13.2 Å². The van der Waals surface area contributed by atoms with Gasteiger partial charge in [-0.1, -0.05) is 48.5 Å². The highest BCUT2D eigenvalue weighted by atomic mass is 16.5. The van der Waals surface area contributed by atoms with E-state index in [1.165, 1.54) is 0 Å². The van der Waals surface area contributed by atoms with E-state index in [9.17, 15) is 4.79 Å². The van der Waals surface area contributed by atoms with Gasteiger partial charge in [-0.2, -0.15) is 0 Å². The molecule has 0 saturated heterocycles. The summed E-state index contributed by atoms with van der Waals surface area (Å²) in [5.74, 6) is 1.39. The molecular formula is C22H23NO3. The average molecular weight is 349 g/mol. The molecule has 1 N–H and O–H groups in total. The van der Waals surface area contributed by atoms with E-state index in [-0.39, 0.29) is 18.6 Å². The molecule has 4 heteroatoms. The summed E-state index contributed by atoms with van der Waals surface area (Å²) >= 11 is 0. The van der Waals surface area contributed by atoms with Gasteiger partial charge in [-0.05, 0) is 43.0 Å². The van der Waals surface area contributed by atoms with Crippen molar-refractivity contribution in [1.82, 2.24) is 5.32 Å². The van der Waals surface area contributed by atoms with Crippen molar-refractivity contribution in [2.45, 2.75) is 19.9 Å². The van der Waals surface area contributed by atoms with Gasteiger partial charge >= 0.3 is 0 Å². The minimum Gasteiger partial charge on any atom is -0.494 e. The minimum atomic E-state index is -0.153. The quantitative estimate of drug-likeness (QED) is 0.683. The zero-order chi connectivity index (χ0) is 18.4. The number of fused-ring (bicyclic) bond motifs is 1. The van der Waals surface area contributed by atoms with E-state index < -0.39 is 0 Å². The molecule has 0 aliphatic rings. The predicted octanol–water partition coefficient (Wildman–Crippen LogP) is 4.49. The number of ether oxygens (including phenoxy) is 2. The number of hydrogen-bond donors (Lipinski definition) is 1. The maximum Gasteiger partial charge on any atom is 0.258 e. The molecular weight excluding hydrogens is 326 g/mol. The lowest BCUT2D eigenvalue weighted by molar-refractivity contribution is -0.123. The molecule has 0 aromatic heterocycles.